The Balaban J connectivity index is 1.43. The van der Waals surface area contributed by atoms with Crippen LogP contribution in [0, 0.1) is 6.92 Å². The molecule has 0 atom stereocenters. The molecule has 4 rings (SSSR count). The van der Waals surface area contributed by atoms with E-state index in [4.69, 9.17) is 0 Å². The predicted octanol–water partition coefficient (Wildman–Crippen LogP) is 3.99. The highest BCUT2D eigenvalue weighted by Crippen LogP contribution is 2.16. The molecule has 3 N–H and O–H groups in total. The lowest BCUT2D eigenvalue weighted by Crippen LogP contribution is -2.30. The van der Waals surface area contributed by atoms with Gasteiger partial charge in [0.15, 0.2) is 0 Å². The Morgan fingerprint density at radius 3 is 2.12 bits per heavy atom. The summed E-state index contributed by atoms with van der Waals surface area (Å²) in [5.74, 6) is -0.403. The molecular formula is C24H21N5O3. The molecule has 1 heterocycles. The molecule has 0 aliphatic rings. The van der Waals surface area contributed by atoms with Crippen LogP contribution in [-0.2, 0) is 11.3 Å². The molecule has 3 aromatic carbocycles. The van der Waals surface area contributed by atoms with Crippen LogP contribution in [0.25, 0.3) is 10.8 Å². The molecule has 0 saturated heterocycles. The SMILES string of the molecule is Cc1nn(CC(=O)Nc2cccc(NC(=O)Nc3ccccc3)c2)c(=O)c2ccccc12. The van der Waals surface area contributed by atoms with Crippen molar-refractivity contribution in [3.05, 3.63) is 94.9 Å². The number of aromatic nitrogens is 2. The normalized spacial score (nSPS) is 10.5. The molecule has 4 aromatic rings. The summed E-state index contributed by atoms with van der Waals surface area (Å²) in [7, 11) is 0. The van der Waals surface area contributed by atoms with E-state index in [1.54, 1.807) is 55.5 Å². The molecule has 32 heavy (non-hydrogen) atoms. The lowest BCUT2D eigenvalue weighted by Gasteiger charge is -2.11. The van der Waals surface area contributed by atoms with Gasteiger partial charge in [-0.2, -0.15) is 5.10 Å². The number of hydrogen-bond donors (Lipinski definition) is 3. The second-order valence-corrected chi connectivity index (χ2v) is 7.17. The van der Waals surface area contributed by atoms with Gasteiger partial charge in [0.05, 0.1) is 11.1 Å². The minimum absolute atomic E-state index is 0.226. The quantitative estimate of drug-likeness (QED) is 0.448. The largest absolute Gasteiger partial charge is 0.324 e. The van der Waals surface area contributed by atoms with Crippen molar-refractivity contribution in [3.63, 3.8) is 0 Å². The molecule has 0 radical (unpaired) electrons. The van der Waals surface area contributed by atoms with E-state index in [2.05, 4.69) is 21.0 Å². The number of hydrogen-bond acceptors (Lipinski definition) is 4. The molecule has 1 aromatic heterocycles. The minimum atomic E-state index is -0.403. The topological polar surface area (TPSA) is 105 Å². The number of benzene rings is 3. The van der Waals surface area contributed by atoms with E-state index in [1.165, 1.54) is 0 Å². The lowest BCUT2D eigenvalue weighted by molar-refractivity contribution is -0.117. The third-order valence-electron chi connectivity index (χ3n) is 4.78. The average Bonchev–Trinajstić information content (AvgIpc) is 2.78. The number of amides is 3. The van der Waals surface area contributed by atoms with Crippen molar-refractivity contribution in [3.8, 4) is 0 Å². The molecule has 8 nitrogen and oxygen atoms in total. The number of aryl methyl sites for hydroxylation is 1. The van der Waals surface area contributed by atoms with Crippen LogP contribution >= 0.6 is 0 Å². The molecule has 0 aliphatic carbocycles. The number of carbonyl (C=O) groups is 2. The zero-order valence-electron chi connectivity index (χ0n) is 17.3. The van der Waals surface area contributed by atoms with Gasteiger partial charge in [-0.05, 0) is 43.3 Å². The molecule has 0 fully saturated rings. The summed E-state index contributed by atoms with van der Waals surface area (Å²) in [5.41, 5.74) is 2.00. The first-order valence-corrected chi connectivity index (χ1v) is 9.99. The number of carbonyl (C=O) groups excluding carboxylic acids is 2. The molecule has 0 saturated carbocycles. The van der Waals surface area contributed by atoms with Crippen molar-refractivity contribution in [2.75, 3.05) is 16.0 Å². The minimum Gasteiger partial charge on any atom is -0.324 e. The number of nitrogens with one attached hydrogen (secondary N) is 3. The Labute approximate surface area is 183 Å². The van der Waals surface area contributed by atoms with Crippen LogP contribution in [0.15, 0.2) is 83.7 Å². The van der Waals surface area contributed by atoms with Gasteiger partial charge in [0.1, 0.15) is 6.54 Å². The number of anilines is 3. The third-order valence-corrected chi connectivity index (χ3v) is 4.78. The first-order valence-electron chi connectivity index (χ1n) is 9.99. The smallest absolute Gasteiger partial charge is 0.323 e. The molecule has 160 valence electrons. The maximum atomic E-state index is 12.7. The fourth-order valence-electron chi connectivity index (χ4n) is 3.34. The highest BCUT2D eigenvalue weighted by Gasteiger charge is 2.11. The van der Waals surface area contributed by atoms with Crippen LogP contribution < -0.4 is 21.5 Å². The van der Waals surface area contributed by atoms with Gasteiger partial charge in [-0.1, -0.05) is 42.5 Å². The van der Waals surface area contributed by atoms with Gasteiger partial charge in [-0.3, -0.25) is 9.59 Å². The van der Waals surface area contributed by atoms with E-state index in [0.717, 1.165) is 10.1 Å². The monoisotopic (exact) mass is 427 g/mol. The van der Waals surface area contributed by atoms with Crippen molar-refractivity contribution < 1.29 is 9.59 Å². The Bertz CT molecular complexity index is 1350. The fraction of sp³-hybridized carbons (Fsp3) is 0.0833. The molecule has 3 amide bonds. The van der Waals surface area contributed by atoms with Crippen molar-refractivity contribution in [1.29, 1.82) is 0 Å². The van der Waals surface area contributed by atoms with Crippen LogP contribution in [0.4, 0.5) is 21.9 Å². The summed E-state index contributed by atoms with van der Waals surface area (Å²) < 4.78 is 1.16. The molecule has 0 aliphatic heterocycles. The van der Waals surface area contributed by atoms with Crippen LogP contribution in [0.1, 0.15) is 5.69 Å². The number of urea groups is 1. The lowest BCUT2D eigenvalue weighted by atomic mass is 10.1. The summed E-state index contributed by atoms with van der Waals surface area (Å²) in [5, 5.41) is 13.7. The van der Waals surface area contributed by atoms with Crippen LogP contribution in [-0.4, -0.2) is 21.7 Å². The van der Waals surface area contributed by atoms with E-state index in [0.29, 0.717) is 28.1 Å². The summed E-state index contributed by atoms with van der Waals surface area (Å²) in [4.78, 5) is 37.4. The Hall–Kier alpha value is -4.46. The van der Waals surface area contributed by atoms with Crippen LogP contribution in [0.2, 0.25) is 0 Å². The molecule has 8 heteroatoms. The number of para-hydroxylation sites is 1. The number of rotatable bonds is 5. The van der Waals surface area contributed by atoms with E-state index in [-0.39, 0.29) is 12.1 Å². The van der Waals surface area contributed by atoms with Gasteiger partial charge in [0.2, 0.25) is 5.91 Å². The molecule has 0 spiro atoms. The summed E-state index contributed by atoms with van der Waals surface area (Å²) in [6.45, 7) is 1.57. The standard InChI is InChI=1S/C24H21N5O3/c1-16-20-12-5-6-13-21(20)23(31)29(28-16)15-22(30)25-18-10-7-11-19(14-18)27-24(32)26-17-8-3-2-4-9-17/h2-14H,15H2,1H3,(H,25,30)(H2,26,27,32). The Morgan fingerprint density at radius 1 is 0.781 bits per heavy atom. The molecule has 0 bridgehead atoms. The van der Waals surface area contributed by atoms with Crippen LogP contribution in [0.3, 0.4) is 0 Å². The van der Waals surface area contributed by atoms with E-state index in [1.807, 2.05) is 30.3 Å². The van der Waals surface area contributed by atoms with Crippen molar-refractivity contribution in [2.24, 2.45) is 0 Å². The molecule has 0 unspecified atom stereocenters. The van der Waals surface area contributed by atoms with Crippen molar-refractivity contribution in [1.82, 2.24) is 9.78 Å². The average molecular weight is 427 g/mol. The Kier molecular flexibility index (Phi) is 5.94. The zero-order chi connectivity index (χ0) is 22.5. The Morgan fingerprint density at radius 2 is 1.38 bits per heavy atom. The van der Waals surface area contributed by atoms with Gasteiger partial charge in [-0.15, -0.1) is 0 Å². The maximum absolute atomic E-state index is 12.7. The fourth-order valence-corrected chi connectivity index (χ4v) is 3.34. The van der Waals surface area contributed by atoms with E-state index >= 15 is 0 Å². The van der Waals surface area contributed by atoms with E-state index < -0.39 is 11.9 Å². The highest BCUT2D eigenvalue weighted by molar-refractivity contribution is 6.00. The van der Waals surface area contributed by atoms with Crippen molar-refractivity contribution in [2.45, 2.75) is 13.5 Å². The van der Waals surface area contributed by atoms with Gasteiger partial charge in [0.25, 0.3) is 5.56 Å². The first kappa shape index (κ1) is 20.8. The second kappa shape index (κ2) is 9.13. The number of nitrogens with zero attached hydrogens (tertiary/aromatic N) is 2. The first-order chi connectivity index (χ1) is 15.5. The summed E-state index contributed by atoms with van der Waals surface area (Å²) in [6.07, 6.45) is 0. The van der Waals surface area contributed by atoms with Gasteiger partial charge in [-0.25, -0.2) is 9.48 Å². The van der Waals surface area contributed by atoms with Crippen molar-refractivity contribution >= 4 is 39.8 Å². The summed E-state index contributed by atoms with van der Waals surface area (Å²) in [6, 6.07) is 22.6. The van der Waals surface area contributed by atoms with Gasteiger partial charge < -0.3 is 16.0 Å². The van der Waals surface area contributed by atoms with Crippen LogP contribution in [0.5, 0.6) is 0 Å². The third kappa shape index (κ3) is 4.81. The van der Waals surface area contributed by atoms with Gasteiger partial charge in [0, 0.05) is 22.4 Å². The maximum Gasteiger partial charge on any atom is 0.323 e. The van der Waals surface area contributed by atoms with Gasteiger partial charge >= 0.3 is 6.03 Å². The van der Waals surface area contributed by atoms with E-state index in [9.17, 15) is 14.4 Å². The molecular weight excluding hydrogens is 406 g/mol. The second-order valence-electron chi connectivity index (χ2n) is 7.17. The predicted molar refractivity (Wildman–Crippen MR) is 125 cm³/mol. The highest BCUT2D eigenvalue weighted by atomic mass is 16.2. The zero-order valence-corrected chi connectivity index (χ0v) is 17.3. The summed E-state index contributed by atoms with van der Waals surface area (Å²) >= 11 is 0. The number of fused-ring (bicyclic) bond motifs is 1.